The van der Waals surface area contributed by atoms with Gasteiger partial charge >= 0.3 is 0 Å². The molecule has 1 aliphatic rings. The fourth-order valence-corrected chi connectivity index (χ4v) is 4.18. The van der Waals surface area contributed by atoms with Crippen LogP contribution in [-0.4, -0.2) is 23.1 Å². The highest BCUT2D eigenvalue weighted by atomic mass is 35.5. The van der Waals surface area contributed by atoms with E-state index in [1.165, 1.54) is 23.3 Å². The number of rotatable bonds is 3. The third-order valence-corrected chi connectivity index (χ3v) is 5.01. The van der Waals surface area contributed by atoms with Gasteiger partial charge in [0, 0.05) is 18.0 Å². The topological polar surface area (TPSA) is 29.0 Å². The molecule has 5 heteroatoms. The lowest BCUT2D eigenvalue weighted by atomic mass is 10.2. The average Bonchev–Trinajstić information content (AvgIpc) is 2.89. The van der Waals surface area contributed by atoms with Crippen molar-refractivity contribution in [3.63, 3.8) is 0 Å². The largest absolute Gasteiger partial charge is 0.341 e. The minimum absolute atomic E-state index is 0.626. The normalized spacial score (nSPS) is 14.2. The maximum absolute atomic E-state index is 6.37. The second kappa shape index (κ2) is 4.67. The van der Waals surface area contributed by atoms with Gasteiger partial charge in [-0.25, -0.2) is 9.97 Å². The van der Waals surface area contributed by atoms with Crippen molar-refractivity contribution in [1.82, 2.24) is 9.97 Å². The molecular weight excluding hydrogens is 266 g/mol. The average molecular weight is 282 g/mol. The van der Waals surface area contributed by atoms with E-state index in [1.807, 2.05) is 0 Å². The van der Waals surface area contributed by atoms with Crippen LogP contribution in [0.2, 0.25) is 5.15 Å². The fraction of sp³-hybridized carbons (Fsp3) is 0.538. The summed E-state index contributed by atoms with van der Waals surface area (Å²) in [5, 5.41) is 1.73. The summed E-state index contributed by atoms with van der Waals surface area (Å²) >= 11 is 8.17. The highest BCUT2D eigenvalue weighted by Gasteiger charge is 2.22. The molecule has 0 aliphatic heterocycles. The van der Waals surface area contributed by atoms with Gasteiger partial charge in [-0.1, -0.05) is 11.6 Å². The van der Waals surface area contributed by atoms with Crippen LogP contribution in [0.1, 0.15) is 30.7 Å². The van der Waals surface area contributed by atoms with Gasteiger partial charge in [0.2, 0.25) is 5.95 Å². The highest BCUT2D eigenvalue weighted by molar-refractivity contribution is 7.19. The maximum atomic E-state index is 6.37. The molecule has 18 heavy (non-hydrogen) atoms. The molecule has 2 heterocycles. The minimum Gasteiger partial charge on any atom is -0.341 e. The molecule has 0 radical (unpaired) electrons. The van der Waals surface area contributed by atoms with E-state index in [4.69, 9.17) is 16.6 Å². The van der Waals surface area contributed by atoms with Crippen LogP contribution in [0.3, 0.4) is 0 Å². The summed E-state index contributed by atoms with van der Waals surface area (Å²) in [7, 11) is 0. The number of fused-ring (bicyclic) bond motifs is 3. The van der Waals surface area contributed by atoms with Gasteiger partial charge in [-0.05, 0) is 38.7 Å². The predicted molar refractivity (Wildman–Crippen MR) is 78.0 cm³/mol. The quantitative estimate of drug-likeness (QED) is 0.804. The molecule has 0 amide bonds. The first-order valence-corrected chi connectivity index (χ1v) is 7.66. The monoisotopic (exact) mass is 281 g/mol. The molecule has 0 N–H and O–H groups in total. The summed E-state index contributed by atoms with van der Waals surface area (Å²) in [5.74, 6) is 0.762. The Kier molecular flexibility index (Phi) is 3.16. The first kappa shape index (κ1) is 12.2. The molecule has 0 fully saturated rings. The molecule has 0 bridgehead atoms. The van der Waals surface area contributed by atoms with E-state index in [0.717, 1.165) is 35.7 Å². The van der Waals surface area contributed by atoms with Crippen molar-refractivity contribution in [2.75, 3.05) is 18.0 Å². The van der Waals surface area contributed by atoms with Crippen LogP contribution >= 0.6 is 22.9 Å². The van der Waals surface area contributed by atoms with Gasteiger partial charge < -0.3 is 4.90 Å². The summed E-state index contributed by atoms with van der Waals surface area (Å²) < 4.78 is 0. The number of aryl methyl sites for hydroxylation is 2. The Morgan fingerprint density at radius 1 is 1.22 bits per heavy atom. The second-order valence-electron chi connectivity index (χ2n) is 4.52. The smallest absolute Gasteiger partial charge is 0.228 e. The summed E-state index contributed by atoms with van der Waals surface area (Å²) in [5.41, 5.74) is 1.39. The Morgan fingerprint density at radius 2 is 2.00 bits per heavy atom. The second-order valence-corrected chi connectivity index (χ2v) is 5.97. The third-order valence-electron chi connectivity index (χ3n) is 3.56. The van der Waals surface area contributed by atoms with Crippen molar-refractivity contribution in [3.8, 4) is 0 Å². The molecule has 3 rings (SSSR count). The Labute approximate surface area is 116 Å². The third kappa shape index (κ3) is 1.79. The molecule has 0 aromatic carbocycles. The molecule has 2 aromatic rings. The Morgan fingerprint density at radius 3 is 2.72 bits per heavy atom. The van der Waals surface area contributed by atoms with Crippen LogP contribution < -0.4 is 4.90 Å². The van der Waals surface area contributed by atoms with Crippen LogP contribution in [0.25, 0.3) is 10.2 Å². The molecule has 0 saturated heterocycles. The van der Waals surface area contributed by atoms with E-state index in [9.17, 15) is 0 Å². The zero-order valence-corrected chi connectivity index (χ0v) is 12.2. The molecular formula is C13H16ClN3S. The van der Waals surface area contributed by atoms with Gasteiger partial charge in [-0.15, -0.1) is 11.3 Å². The lowest BCUT2D eigenvalue weighted by Crippen LogP contribution is -2.24. The summed E-state index contributed by atoms with van der Waals surface area (Å²) in [4.78, 5) is 13.8. The Balaban J connectivity index is 2.17. The van der Waals surface area contributed by atoms with E-state index in [1.54, 1.807) is 11.3 Å². The Hall–Kier alpha value is -0.870. The fourth-order valence-electron chi connectivity index (χ4n) is 2.59. The zero-order valence-electron chi connectivity index (χ0n) is 10.7. The van der Waals surface area contributed by atoms with Gasteiger partial charge in [-0.3, -0.25) is 0 Å². The number of halogens is 1. The van der Waals surface area contributed by atoms with Crippen LogP contribution in [0.15, 0.2) is 0 Å². The number of hydrogen-bond acceptors (Lipinski definition) is 4. The van der Waals surface area contributed by atoms with E-state index < -0.39 is 0 Å². The van der Waals surface area contributed by atoms with E-state index >= 15 is 0 Å². The van der Waals surface area contributed by atoms with Crippen LogP contribution in [0.5, 0.6) is 0 Å². The first-order chi connectivity index (χ1) is 8.74. The molecule has 2 aromatic heterocycles. The standard InChI is InChI=1S/C13H16ClN3S/c1-3-17(4-2)13-15-11(14)10-8-6-5-7-9(8)18-12(10)16-13/h3-7H2,1-2H3. The molecule has 0 unspecified atom stereocenters. The molecule has 96 valence electrons. The number of nitrogens with zero attached hydrogens (tertiary/aromatic N) is 3. The number of hydrogen-bond donors (Lipinski definition) is 0. The van der Waals surface area contributed by atoms with E-state index in [2.05, 4.69) is 23.7 Å². The zero-order chi connectivity index (χ0) is 12.7. The van der Waals surface area contributed by atoms with Crippen LogP contribution in [0, 0.1) is 0 Å². The lowest BCUT2D eigenvalue weighted by Gasteiger charge is -2.18. The van der Waals surface area contributed by atoms with Gasteiger partial charge in [0.05, 0.1) is 5.39 Å². The predicted octanol–water partition coefficient (Wildman–Crippen LogP) is 3.68. The van der Waals surface area contributed by atoms with Crippen molar-refractivity contribution in [2.24, 2.45) is 0 Å². The summed E-state index contributed by atoms with van der Waals surface area (Å²) in [6.07, 6.45) is 3.54. The van der Waals surface area contributed by atoms with Gasteiger partial charge in [0.15, 0.2) is 0 Å². The number of aromatic nitrogens is 2. The SMILES string of the molecule is CCN(CC)c1nc(Cl)c2c3c(sc2n1)CCC3. The van der Waals surface area contributed by atoms with Crippen molar-refractivity contribution in [3.05, 3.63) is 15.6 Å². The summed E-state index contributed by atoms with van der Waals surface area (Å²) in [6, 6.07) is 0. The van der Waals surface area contributed by atoms with Crippen molar-refractivity contribution < 1.29 is 0 Å². The Bertz CT molecular complexity index is 589. The van der Waals surface area contributed by atoms with E-state index in [0.29, 0.717) is 5.15 Å². The van der Waals surface area contributed by atoms with E-state index in [-0.39, 0.29) is 0 Å². The van der Waals surface area contributed by atoms with Crippen molar-refractivity contribution in [1.29, 1.82) is 0 Å². The van der Waals surface area contributed by atoms with Crippen molar-refractivity contribution in [2.45, 2.75) is 33.1 Å². The first-order valence-electron chi connectivity index (χ1n) is 6.47. The van der Waals surface area contributed by atoms with Gasteiger partial charge in [0.25, 0.3) is 0 Å². The molecule has 3 nitrogen and oxygen atoms in total. The number of anilines is 1. The van der Waals surface area contributed by atoms with Crippen LogP contribution in [-0.2, 0) is 12.8 Å². The van der Waals surface area contributed by atoms with Gasteiger partial charge in [-0.2, -0.15) is 0 Å². The molecule has 0 spiro atoms. The number of thiophene rings is 1. The molecule has 0 saturated carbocycles. The lowest BCUT2D eigenvalue weighted by molar-refractivity contribution is 0.827. The van der Waals surface area contributed by atoms with Crippen molar-refractivity contribution >= 4 is 39.1 Å². The van der Waals surface area contributed by atoms with Gasteiger partial charge in [0.1, 0.15) is 9.98 Å². The maximum Gasteiger partial charge on any atom is 0.228 e. The molecule has 0 atom stereocenters. The summed E-state index contributed by atoms with van der Waals surface area (Å²) in [6.45, 7) is 6.03. The highest BCUT2D eigenvalue weighted by Crippen LogP contribution is 2.39. The molecule has 1 aliphatic carbocycles. The van der Waals surface area contributed by atoms with Crippen LogP contribution in [0.4, 0.5) is 5.95 Å². The minimum atomic E-state index is 0.626.